The third-order valence-electron chi connectivity index (χ3n) is 21.3. The van der Waals surface area contributed by atoms with Gasteiger partial charge >= 0.3 is 0 Å². The highest BCUT2D eigenvalue weighted by Gasteiger charge is 2.25. The SMILES string of the molecule is Nc1nc(Cc2ccc3c(c2)OCO3)nc(Cc2ccc3c(c2)OCO3)c1-c1ccc2c(c1)OCO2.Nc1nc(Cc2ccc3ccccc3c2)nc(Cc2ccc3ccccc3c2)c1-c1ccc2ccccc2c1.Nc1nc(Cc2cccc3ccccc23)nc(Cc2ccc3ccccc3c2)c1-c1cccc2ccccc12. The predicted octanol–water partition coefficient (Wildman–Crippen LogP) is 20.8. The van der Waals surface area contributed by atoms with Crippen LogP contribution in [0.25, 0.3) is 98.0 Å². The summed E-state index contributed by atoms with van der Waals surface area (Å²) in [5, 5.41) is 14.5. The van der Waals surface area contributed by atoms with Crippen LogP contribution < -0.4 is 45.6 Å². The van der Waals surface area contributed by atoms with Crippen LogP contribution >= 0.6 is 0 Å². The van der Waals surface area contributed by atoms with Gasteiger partial charge in [-0.05, 0) is 157 Å². The van der Waals surface area contributed by atoms with Crippen molar-refractivity contribution in [1.82, 2.24) is 29.9 Å². The number of benzene rings is 15. The lowest BCUT2D eigenvalue weighted by Crippen LogP contribution is -2.09. The zero-order valence-electron chi connectivity index (χ0n) is 62.2. The number of nitrogens with zero attached hydrogens (tertiary/aromatic N) is 6. The summed E-state index contributed by atoms with van der Waals surface area (Å²) in [6, 6.07) is 107. The van der Waals surface area contributed by atoms with Gasteiger partial charge in [-0.2, -0.15) is 0 Å². The highest BCUT2D eigenvalue weighted by atomic mass is 16.7. The Morgan fingerprint density at radius 3 is 1.06 bits per heavy atom. The quantitative estimate of drug-likeness (QED) is 0.0871. The van der Waals surface area contributed by atoms with E-state index in [9.17, 15) is 0 Å². The third kappa shape index (κ3) is 14.6. The Morgan fingerprint density at radius 2 is 0.553 bits per heavy atom. The molecule has 15 heteroatoms. The maximum absolute atomic E-state index is 6.80. The number of nitrogens with two attached hydrogens (primary N) is 3. The fourth-order valence-corrected chi connectivity index (χ4v) is 15.8. The summed E-state index contributed by atoms with van der Waals surface area (Å²) in [7, 11) is 0. The molecule has 114 heavy (non-hydrogen) atoms. The van der Waals surface area contributed by atoms with Crippen LogP contribution in [0.2, 0.25) is 0 Å². The Kier molecular flexibility index (Phi) is 18.7. The molecule has 0 fully saturated rings. The molecule has 6 N–H and O–H groups in total. The Hall–Kier alpha value is -14.7. The highest BCUT2D eigenvalue weighted by molar-refractivity contribution is 6.00. The molecule has 3 aliphatic rings. The van der Waals surface area contributed by atoms with E-state index in [0.29, 0.717) is 73.3 Å². The molecular weight excluding hydrogens is 1410 g/mol. The summed E-state index contributed by atoms with van der Waals surface area (Å²) < 4.78 is 33.0. The van der Waals surface area contributed by atoms with E-state index < -0.39 is 0 Å². The highest BCUT2D eigenvalue weighted by Crippen LogP contribution is 2.42. The minimum atomic E-state index is 0.198. The van der Waals surface area contributed by atoms with E-state index in [1.165, 1.54) is 81.5 Å². The first-order valence-corrected chi connectivity index (χ1v) is 38.1. The molecule has 3 aliphatic heterocycles. The number of nitrogen functional groups attached to an aromatic ring is 3. The minimum Gasteiger partial charge on any atom is -0.454 e. The zero-order chi connectivity index (χ0) is 76.4. The summed E-state index contributed by atoms with van der Waals surface area (Å²) in [5.41, 5.74) is 35.2. The van der Waals surface area contributed by atoms with Crippen LogP contribution in [0.1, 0.15) is 67.9 Å². The normalized spacial score (nSPS) is 12.3. The second-order valence-corrected chi connectivity index (χ2v) is 28.8. The molecule has 15 aromatic carbocycles. The van der Waals surface area contributed by atoms with Gasteiger partial charge in [-0.1, -0.05) is 267 Å². The average molecular weight is 1490 g/mol. The molecule has 18 aromatic rings. The lowest BCUT2D eigenvalue weighted by molar-refractivity contribution is 0.173. The molecule has 0 bridgehead atoms. The molecular formula is C99H75N9O6. The van der Waals surface area contributed by atoms with E-state index in [2.05, 4.69) is 260 Å². The Balaban J connectivity index is 0.000000115. The lowest BCUT2D eigenvalue weighted by atomic mass is 9.94. The van der Waals surface area contributed by atoms with Gasteiger partial charge in [0.05, 0.1) is 17.1 Å². The number of hydrogen-bond donors (Lipinski definition) is 3. The van der Waals surface area contributed by atoms with E-state index in [0.717, 1.165) is 102 Å². The van der Waals surface area contributed by atoms with Crippen molar-refractivity contribution in [3.8, 4) is 67.9 Å². The number of hydrogen-bond acceptors (Lipinski definition) is 15. The molecule has 15 nitrogen and oxygen atoms in total. The molecule has 0 saturated heterocycles. The Labute approximate surface area is 657 Å². The van der Waals surface area contributed by atoms with Crippen LogP contribution in [0.15, 0.2) is 309 Å². The number of ether oxygens (including phenoxy) is 6. The molecule has 0 aliphatic carbocycles. The molecule has 0 unspecified atom stereocenters. The molecule has 0 amide bonds. The van der Waals surface area contributed by atoms with Gasteiger partial charge in [-0.3, -0.25) is 0 Å². The van der Waals surface area contributed by atoms with Crippen molar-refractivity contribution in [2.24, 2.45) is 0 Å². The molecule has 0 atom stereocenters. The van der Waals surface area contributed by atoms with Gasteiger partial charge in [0, 0.05) is 55.2 Å². The van der Waals surface area contributed by atoms with Gasteiger partial charge in [-0.15, -0.1) is 0 Å². The molecule has 3 aromatic heterocycles. The van der Waals surface area contributed by atoms with Crippen LogP contribution in [-0.4, -0.2) is 50.3 Å². The van der Waals surface area contributed by atoms with Crippen molar-refractivity contribution in [1.29, 1.82) is 0 Å². The van der Waals surface area contributed by atoms with Gasteiger partial charge in [0.15, 0.2) is 34.5 Å². The standard InChI is InChI=1S/2C36H27N3.C27H21N3O6/c37-36-35(32-18-17-28-9-3-6-12-31(28)23-32)33(21-24-13-15-26-7-1-4-10-29(26)19-24)38-34(39-36)22-25-14-16-27-8-2-5-11-30(27)20-25;37-36-35(32-18-8-14-27-11-4-6-17-31(27)32)33(22-24-19-20-25-9-1-2-12-28(25)21-24)38-34(39-36)23-29-15-7-13-26-10-3-5-16-30(26)29;28-27-26(17-3-6-21-24(11-17)36-14-33-21)18(7-15-1-4-19-22(8-15)34-12-31-19)29-25(30-27)10-16-2-5-20-23(9-16)35-13-32-20/h1-20,23H,21-22H2,(H2,37,38,39);1-21H,22-23H2,(H2,37,38,39);1-6,8-9,11H,7,10,12-14H2,(H2,28,29,30). The van der Waals surface area contributed by atoms with Crippen molar-refractivity contribution in [2.75, 3.05) is 37.6 Å². The lowest BCUT2D eigenvalue weighted by Gasteiger charge is -2.16. The van der Waals surface area contributed by atoms with E-state index >= 15 is 0 Å². The number of rotatable bonds is 15. The first-order chi connectivity index (χ1) is 56.1. The van der Waals surface area contributed by atoms with Crippen LogP contribution in [-0.2, 0) is 38.5 Å². The van der Waals surface area contributed by atoms with Crippen molar-refractivity contribution in [3.63, 3.8) is 0 Å². The molecule has 552 valence electrons. The predicted molar refractivity (Wildman–Crippen MR) is 455 cm³/mol. The first kappa shape index (κ1) is 69.7. The first-order valence-electron chi connectivity index (χ1n) is 38.1. The van der Waals surface area contributed by atoms with Crippen LogP contribution in [0, 0.1) is 0 Å². The summed E-state index contributed by atoms with van der Waals surface area (Å²) in [6.07, 6.45) is 3.60. The van der Waals surface area contributed by atoms with Gasteiger partial charge in [0.2, 0.25) is 20.4 Å². The van der Waals surface area contributed by atoms with Gasteiger partial charge in [0.1, 0.15) is 34.9 Å². The van der Waals surface area contributed by atoms with Gasteiger partial charge < -0.3 is 45.6 Å². The van der Waals surface area contributed by atoms with E-state index in [1.54, 1.807) is 0 Å². The second-order valence-electron chi connectivity index (χ2n) is 28.8. The van der Waals surface area contributed by atoms with Crippen LogP contribution in [0.4, 0.5) is 17.5 Å². The third-order valence-corrected chi connectivity index (χ3v) is 21.3. The van der Waals surface area contributed by atoms with Crippen molar-refractivity contribution >= 4 is 82.1 Å². The van der Waals surface area contributed by atoms with E-state index in [4.69, 9.17) is 70.5 Å². The molecule has 21 rings (SSSR count). The molecule has 6 heterocycles. The van der Waals surface area contributed by atoms with E-state index in [-0.39, 0.29) is 20.4 Å². The second kappa shape index (κ2) is 30.6. The minimum absolute atomic E-state index is 0.198. The largest absolute Gasteiger partial charge is 0.454 e. The van der Waals surface area contributed by atoms with Gasteiger partial charge in [0.25, 0.3) is 0 Å². The molecule has 0 spiro atoms. The number of anilines is 3. The Morgan fingerprint density at radius 1 is 0.228 bits per heavy atom. The fraction of sp³-hybridized carbons (Fsp3) is 0.0909. The maximum Gasteiger partial charge on any atom is 0.231 e. The monoisotopic (exact) mass is 1490 g/mol. The van der Waals surface area contributed by atoms with Crippen molar-refractivity contribution in [2.45, 2.75) is 38.5 Å². The summed E-state index contributed by atoms with van der Waals surface area (Å²) in [4.78, 5) is 29.7. The average Bonchev–Trinajstić information content (AvgIpc) is 1.35. The number of aromatic nitrogens is 6. The zero-order valence-corrected chi connectivity index (χ0v) is 62.2. The van der Waals surface area contributed by atoms with Gasteiger partial charge in [-0.25, -0.2) is 29.9 Å². The van der Waals surface area contributed by atoms with Crippen LogP contribution in [0.3, 0.4) is 0 Å². The van der Waals surface area contributed by atoms with Crippen molar-refractivity contribution in [3.05, 3.63) is 377 Å². The topological polar surface area (TPSA) is 211 Å². The summed E-state index contributed by atoms with van der Waals surface area (Å²) in [6.45, 7) is 0.650. The summed E-state index contributed by atoms with van der Waals surface area (Å²) >= 11 is 0. The van der Waals surface area contributed by atoms with Crippen LogP contribution in [0.5, 0.6) is 34.5 Å². The Bertz CT molecular complexity index is 6760. The maximum atomic E-state index is 6.80. The fourth-order valence-electron chi connectivity index (χ4n) is 15.8. The van der Waals surface area contributed by atoms with E-state index in [1.807, 2.05) is 54.6 Å². The number of fused-ring (bicyclic) bond motifs is 9. The van der Waals surface area contributed by atoms with Crippen molar-refractivity contribution < 1.29 is 28.4 Å². The summed E-state index contributed by atoms with van der Waals surface area (Å²) in [5.74, 6) is 7.83. The molecule has 0 saturated carbocycles. The molecule has 0 radical (unpaired) electrons. The smallest absolute Gasteiger partial charge is 0.231 e.